The second-order valence-electron chi connectivity index (χ2n) is 4.60. The molecule has 7 nitrogen and oxygen atoms in total. The SMILES string of the molecule is [N-]=[N+]=NCC1CC(=O)N(c2cccc3[nH]ncc23)C1. The number of carbonyl (C=O) groups is 1. The normalized spacial score (nSPS) is 18.8. The molecule has 19 heavy (non-hydrogen) atoms. The number of fused-ring (bicyclic) bond motifs is 1. The van der Waals surface area contributed by atoms with E-state index in [1.807, 2.05) is 18.2 Å². The number of aromatic nitrogens is 2. The topological polar surface area (TPSA) is 97.8 Å². The quantitative estimate of drug-likeness (QED) is 0.517. The molecule has 1 unspecified atom stereocenters. The molecular weight excluding hydrogens is 244 g/mol. The van der Waals surface area contributed by atoms with E-state index in [-0.39, 0.29) is 11.8 Å². The van der Waals surface area contributed by atoms with E-state index in [9.17, 15) is 4.79 Å². The van der Waals surface area contributed by atoms with Gasteiger partial charge in [0.25, 0.3) is 0 Å². The predicted octanol–water partition coefficient (Wildman–Crippen LogP) is 2.23. The maximum atomic E-state index is 12.1. The van der Waals surface area contributed by atoms with Gasteiger partial charge in [0.1, 0.15) is 0 Å². The van der Waals surface area contributed by atoms with Crippen LogP contribution in [0.5, 0.6) is 0 Å². The van der Waals surface area contributed by atoms with Crippen molar-refractivity contribution < 1.29 is 4.79 Å². The van der Waals surface area contributed by atoms with Crippen LogP contribution < -0.4 is 4.90 Å². The molecule has 7 heteroatoms. The van der Waals surface area contributed by atoms with E-state index in [0.717, 1.165) is 16.6 Å². The van der Waals surface area contributed by atoms with Gasteiger partial charge in [-0.25, -0.2) is 0 Å². The second-order valence-corrected chi connectivity index (χ2v) is 4.60. The zero-order valence-corrected chi connectivity index (χ0v) is 10.2. The number of nitrogens with one attached hydrogen (secondary N) is 1. The third kappa shape index (κ3) is 2.00. The molecule has 1 aliphatic heterocycles. The molecule has 0 radical (unpaired) electrons. The van der Waals surface area contributed by atoms with E-state index in [4.69, 9.17) is 5.53 Å². The minimum absolute atomic E-state index is 0.0619. The first kappa shape index (κ1) is 11.6. The molecule has 1 atom stereocenters. The number of nitrogens with zero attached hydrogens (tertiary/aromatic N) is 5. The first-order valence-corrected chi connectivity index (χ1v) is 6.03. The fourth-order valence-electron chi connectivity index (χ4n) is 2.48. The molecule has 96 valence electrons. The van der Waals surface area contributed by atoms with Crippen molar-refractivity contribution in [2.75, 3.05) is 18.0 Å². The van der Waals surface area contributed by atoms with E-state index in [0.29, 0.717) is 19.5 Å². The number of amides is 1. The lowest BCUT2D eigenvalue weighted by Crippen LogP contribution is -2.24. The van der Waals surface area contributed by atoms with Crippen LogP contribution in [0.15, 0.2) is 29.5 Å². The zero-order chi connectivity index (χ0) is 13.2. The molecule has 1 saturated heterocycles. The van der Waals surface area contributed by atoms with Crippen LogP contribution in [0.1, 0.15) is 6.42 Å². The van der Waals surface area contributed by atoms with Gasteiger partial charge in [0.2, 0.25) is 5.91 Å². The van der Waals surface area contributed by atoms with Crippen molar-refractivity contribution in [1.29, 1.82) is 0 Å². The molecule has 3 rings (SSSR count). The summed E-state index contributed by atoms with van der Waals surface area (Å²) in [5.41, 5.74) is 10.1. The number of hydrogen-bond acceptors (Lipinski definition) is 3. The minimum atomic E-state index is 0.0619. The van der Waals surface area contributed by atoms with Crippen molar-refractivity contribution in [3.8, 4) is 0 Å². The van der Waals surface area contributed by atoms with E-state index in [2.05, 4.69) is 20.2 Å². The highest BCUT2D eigenvalue weighted by atomic mass is 16.2. The van der Waals surface area contributed by atoms with Gasteiger partial charge in [-0.15, -0.1) is 0 Å². The number of H-pyrrole nitrogens is 1. The number of hydrogen-bond donors (Lipinski definition) is 1. The summed E-state index contributed by atoms with van der Waals surface area (Å²) in [6, 6.07) is 5.72. The molecule has 2 aromatic rings. The van der Waals surface area contributed by atoms with Crippen molar-refractivity contribution in [1.82, 2.24) is 10.2 Å². The molecule has 2 heterocycles. The van der Waals surface area contributed by atoms with Crippen molar-refractivity contribution in [2.24, 2.45) is 11.0 Å². The van der Waals surface area contributed by atoms with E-state index < -0.39 is 0 Å². The Bertz CT molecular complexity index is 672. The monoisotopic (exact) mass is 256 g/mol. The lowest BCUT2D eigenvalue weighted by atomic mass is 10.1. The Morgan fingerprint density at radius 2 is 2.47 bits per heavy atom. The summed E-state index contributed by atoms with van der Waals surface area (Å²) in [5.74, 6) is 0.150. The largest absolute Gasteiger partial charge is 0.311 e. The summed E-state index contributed by atoms with van der Waals surface area (Å²) in [5, 5.41) is 11.4. The molecule has 1 aliphatic rings. The van der Waals surface area contributed by atoms with Gasteiger partial charge in [0.15, 0.2) is 0 Å². The Balaban J connectivity index is 1.92. The zero-order valence-electron chi connectivity index (χ0n) is 10.2. The van der Waals surface area contributed by atoms with Gasteiger partial charge in [-0.1, -0.05) is 11.2 Å². The highest BCUT2D eigenvalue weighted by Crippen LogP contribution is 2.30. The lowest BCUT2D eigenvalue weighted by molar-refractivity contribution is -0.117. The Labute approximate surface area is 108 Å². The number of aromatic amines is 1. The fraction of sp³-hybridized carbons (Fsp3) is 0.333. The smallest absolute Gasteiger partial charge is 0.227 e. The summed E-state index contributed by atoms with van der Waals surface area (Å²) in [6.07, 6.45) is 2.14. The van der Waals surface area contributed by atoms with Crippen LogP contribution in [0.4, 0.5) is 5.69 Å². The van der Waals surface area contributed by atoms with Crippen LogP contribution in [0.25, 0.3) is 21.3 Å². The molecule has 0 bridgehead atoms. The van der Waals surface area contributed by atoms with Crippen LogP contribution in [0.2, 0.25) is 0 Å². The molecule has 1 fully saturated rings. The molecule has 1 aromatic carbocycles. The van der Waals surface area contributed by atoms with Gasteiger partial charge in [0, 0.05) is 29.8 Å². The van der Waals surface area contributed by atoms with E-state index in [1.165, 1.54) is 0 Å². The first-order chi connectivity index (χ1) is 9.29. The summed E-state index contributed by atoms with van der Waals surface area (Å²) in [6.45, 7) is 0.947. The number of azide groups is 1. The summed E-state index contributed by atoms with van der Waals surface area (Å²) in [7, 11) is 0. The number of benzene rings is 1. The van der Waals surface area contributed by atoms with Crippen LogP contribution in [0, 0.1) is 5.92 Å². The second kappa shape index (κ2) is 4.62. The van der Waals surface area contributed by atoms with E-state index >= 15 is 0 Å². The van der Waals surface area contributed by atoms with Crippen molar-refractivity contribution in [3.05, 3.63) is 34.8 Å². The van der Waals surface area contributed by atoms with Crippen LogP contribution in [-0.2, 0) is 4.79 Å². The maximum absolute atomic E-state index is 12.1. The van der Waals surface area contributed by atoms with Crippen LogP contribution in [0.3, 0.4) is 0 Å². The van der Waals surface area contributed by atoms with Crippen molar-refractivity contribution in [2.45, 2.75) is 6.42 Å². The molecule has 0 spiro atoms. The highest BCUT2D eigenvalue weighted by Gasteiger charge is 2.31. The van der Waals surface area contributed by atoms with Gasteiger partial charge >= 0.3 is 0 Å². The summed E-state index contributed by atoms with van der Waals surface area (Å²) in [4.78, 5) is 16.6. The molecular formula is C12H12N6O. The Hall–Kier alpha value is -2.53. The average molecular weight is 256 g/mol. The van der Waals surface area contributed by atoms with Gasteiger partial charge in [0.05, 0.1) is 17.4 Å². The molecule has 0 aliphatic carbocycles. The van der Waals surface area contributed by atoms with Crippen LogP contribution in [-0.4, -0.2) is 29.2 Å². The first-order valence-electron chi connectivity index (χ1n) is 6.03. The number of anilines is 1. The molecule has 1 aromatic heterocycles. The third-order valence-corrected chi connectivity index (χ3v) is 3.36. The Morgan fingerprint density at radius 3 is 3.32 bits per heavy atom. The van der Waals surface area contributed by atoms with Crippen LogP contribution >= 0.6 is 0 Å². The Kier molecular flexibility index (Phi) is 2.81. The maximum Gasteiger partial charge on any atom is 0.227 e. The average Bonchev–Trinajstić information content (AvgIpc) is 3.02. The van der Waals surface area contributed by atoms with Crippen molar-refractivity contribution in [3.63, 3.8) is 0 Å². The Morgan fingerprint density at radius 1 is 1.58 bits per heavy atom. The third-order valence-electron chi connectivity index (χ3n) is 3.36. The molecule has 1 N–H and O–H groups in total. The molecule has 1 amide bonds. The van der Waals surface area contributed by atoms with Gasteiger partial charge in [-0.05, 0) is 23.6 Å². The number of carbonyl (C=O) groups excluding carboxylic acids is 1. The predicted molar refractivity (Wildman–Crippen MR) is 70.6 cm³/mol. The molecule has 0 saturated carbocycles. The van der Waals surface area contributed by atoms with Gasteiger partial charge < -0.3 is 4.90 Å². The van der Waals surface area contributed by atoms with Crippen molar-refractivity contribution >= 4 is 22.5 Å². The number of rotatable bonds is 3. The summed E-state index contributed by atoms with van der Waals surface area (Å²) >= 11 is 0. The van der Waals surface area contributed by atoms with Gasteiger partial charge in [-0.3, -0.25) is 9.89 Å². The lowest BCUT2D eigenvalue weighted by Gasteiger charge is -2.17. The van der Waals surface area contributed by atoms with Gasteiger partial charge in [-0.2, -0.15) is 5.10 Å². The minimum Gasteiger partial charge on any atom is -0.311 e. The fourth-order valence-corrected chi connectivity index (χ4v) is 2.48. The standard InChI is InChI=1S/C12H12N6O/c13-17-15-5-8-4-12(19)18(7-8)11-3-1-2-10-9(11)6-14-16-10/h1-3,6,8H,4-5,7H2,(H,14,16). The summed E-state index contributed by atoms with van der Waals surface area (Å²) < 4.78 is 0. The highest BCUT2D eigenvalue weighted by molar-refractivity contribution is 6.03. The van der Waals surface area contributed by atoms with E-state index in [1.54, 1.807) is 11.1 Å².